The molecule has 0 radical (unpaired) electrons. The summed E-state index contributed by atoms with van der Waals surface area (Å²) < 4.78 is 0. The lowest BCUT2D eigenvalue weighted by atomic mass is 10.1. The average Bonchev–Trinajstić information content (AvgIpc) is 2.59. The van der Waals surface area contributed by atoms with Crippen molar-refractivity contribution < 1.29 is 4.92 Å². The Morgan fingerprint density at radius 2 is 1.92 bits per heavy atom. The second-order valence-electron chi connectivity index (χ2n) is 5.16. The highest BCUT2D eigenvalue weighted by Crippen LogP contribution is 2.12. The normalized spacial score (nSPS) is 11.2. The van der Waals surface area contributed by atoms with Crippen LogP contribution in [0, 0.1) is 10.1 Å². The summed E-state index contributed by atoms with van der Waals surface area (Å²) >= 11 is 5.86. The molecule has 0 aliphatic heterocycles. The Kier molecular flexibility index (Phi) is 6.57. The number of nitro groups is 1. The van der Waals surface area contributed by atoms with E-state index in [1.807, 2.05) is 30.3 Å². The molecule has 2 N–H and O–H groups in total. The van der Waals surface area contributed by atoms with Gasteiger partial charge in [-0.1, -0.05) is 35.9 Å². The fraction of sp³-hybridized carbons (Fsp3) is 0.235. The fourth-order valence-electron chi connectivity index (χ4n) is 2.16. The quantitative estimate of drug-likeness (QED) is 0.364. The predicted octanol–water partition coefficient (Wildman–Crippen LogP) is 3.16. The van der Waals surface area contributed by atoms with E-state index in [1.165, 1.54) is 11.6 Å². The Hall–Kier alpha value is -2.60. The smallest absolute Gasteiger partial charge is 0.269 e. The molecule has 0 spiro atoms. The summed E-state index contributed by atoms with van der Waals surface area (Å²) in [7, 11) is 1.69. The van der Waals surface area contributed by atoms with Crippen LogP contribution in [0.25, 0.3) is 0 Å². The molecule has 2 aromatic rings. The molecule has 0 unspecified atom stereocenters. The van der Waals surface area contributed by atoms with Crippen molar-refractivity contribution in [2.45, 2.75) is 13.0 Å². The average molecular weight is 347 g/mol. The molecule has 7 heteroatoms. The molecule has 0 amide bonds. The SMILES string of the molecule is CN=C(NCCc1ccc(Cl)cc1)NCc1cccc([N+](=O)[O-])c1. The van der Waals surface area contributed by atoms with E-state index in [4.69, 9.17) is 11.6 Å². The number of nitrogens with zero attached hydrogens (tertiary/aromatic N) is 2. The number of halogens is 1. The molecule has 0 bridgehead atoms. The lowest BCUT2D eigenvalue weighted by molar-refractivity contribution is -0.384. The first-order valence-electron chi connectivity index (χ1n) is 7.51. The van der Waals surface area contributed by atoms with E-state index in [1.54, 1.807) is 19.2 Å². The third kappa shape index (κ3) is 5.55. The van der Waals surface area contributed by atoms with Crippen molar-refractivity contribution in [2.75, 3.05) is 13.6 Å². The largest absolute Gasteiger partial charge is 0.356 e. The number of guanidine groups is 1. The Balaban J connectivity index is 1.81. The van der Waals surface area contributed by atoms with Crippen LogP contribution in [0.3, 0.4) is 0 Å². The molecule has 0 fully saturated rings. The van der Waals surface area contributed by atoms with E-state index in [-0.39, 0.29) is 5.69 Å². The number of hydrogen-bond acceptors (Lipinski definition) is 3. The number of rotatable bonds is 6. The summed E-state index contributed by atoms with van der Waals surface area (Å²) in [6.45, 7) is 1.18. The molecule has 6 nitrogen and oxygen atoms in total. The van der Waals surface area contributed by atoms with Crippen LogP contribution in [0.4, 0.5) is 5.69 Å². The first-order chi connectivity index (χ1) is 11.6. The van der Waals surface area contributed by atoms with E-state index in [0.717, 1.165) is 23.6 Å². The van der Waals surface area contributed by atoms with Gasteiger partial charge in [0.15, 0.2) is 5.96 Å². The van der Waals surface area contributed by atoms with Crippen LogP contribution in [-0.4, -0.2) is 24.5 Å². The van der Waals surface area contributed by atoms with Gasteiger partial charge < -0.3 is 10.6 Å². The zero-order valence-electron chi connectivity index (χ0n) is 13.3. The van der Waals surface area contributed by atoms with Crippen LogP contribution in [0.5, 0.6) is 0 Å². The van der Waals surface area contributed by atoms with Gasteiger partial charge in [-0.05, 0) is 29.7 Å². The standard InChI is InChI=1S/C17H19ClN4O2/c1-19-17(20-10-9-13-5-7-15(18)8-6-13)21-12-14-3-2-4-16(11-14)22(23)24/h2-8,11H,9-10,12H2,1H3,(H2,19,20,21). The summed E-state index contributed by atoms with van der Waals surface area (Å²) in [5.41, 5.74) is 2.09. The van der Waals surface area contributed by atoms with E-state index in [9.17, 15) is 10.1 Å². The third-order valence-electron chi connectivity index (χ3n) is 3.42. The Morgan fingerprint density at radius 1 is 1.17 bits per heavy atom. The molecule has 0 aliphatic carbocycles. The molecular weight excluding hydrogens is 328 g/mol. The predicted molar refractivity (Wildman–Crippen MR) is 96.5 cm³/mol. The number of non-ortho nitro benzene ring substituents is 1. The van der Waals surface area contributed by atoms with E-state index < -0.39 is 4.92 Å². The number of nitro benzene ring substituents is 1. The highest BCUT2D eigenvalue weighted by atomic mass is 35.5. The van der Waals surface area contributed by atoms with Gasteiger partial charge in [0, 0.05) is 37.3 Å². The monoisotopic (exact) mass is 346 g/mol. The molecule has 2 rings (SSSR count). The van der Waals surface area contributed by atoms with Gasteiger partial charge in [-0.15, -0.1) is 0 Å². The molecule has 24 heavy (non-hydrogen) atoms. The molecule has 2 aromatic carbocycles. The van der Waals surface area contributed by atoms with Gasteiger partial charge in [0.1, 0.15) is 0 Å². The molecule has 0 saturated carbocycles. The third-order valence-corrected chi connectivity index (χ3v) is 3.68. The van der Waals surface area contributed by atoms with E-state index in [0.29, 0.717) is 12.5 Å². The molecule has 126 valence electrons. The first kappa shape index (κ1) is 17.7. The topological polar surface area (TPSA) is 79.6 Å². The lowest BCUT2D eigenvalue weighted by Crippen LogP contribution is -2.37. The molecule has 0 aromatic heterocycles. The number of nitrogens with one attached hydrogen (secondary N) is 2. The molecule has 0 heterocycles. The van der Waals surface area contributed by atoms with Gasteiger partial charge >= 0.3 is 0 Å². The summed E-state index contributed by atoms with van der Waals surface area (Å²) in [5, 5.41) is 17.9. The van der Waals surface area contributed by atoms with Crippen molar-refractivity contribution in [1.29, 1.82) is 0 Å². The minimum Gasteiger partial charge on any atom is -0.356 e. The van der Waals surface area contributed by atoms with Crippen molar-refractivity contribution in [3.05, 3.63) is 74.8 Å². The Bertz CT molecular complexity index is 717. The maximum absolute atomic E-state index is 10.8. The first-order valence-corrected chi connectivity index (χ1v) is 7.88. The van der Waals surface area contributed by atoms with Crippen LogP contribution in [-0.2, 0) is 13.0 Å². The van der Waals surface area contributed by atoms with Crippen LogP contribution < -0.4 is 10.6 Å². The van der Waals surface area contributed by atoms with Gasteiger partial charge in [-0.25, -0.2) is 0 Å². The number of benzene rings is 2. The Labute approximate surface area is 145 Å². The summed E-state index contributed by atoms with van der Waals surface area (Å²) in [6, 6.07) is 14.2. The van der Waals surface area contributed by atoms with Gasteiger partial charge in [-0.2, -0.15) is 0 Å². The van der Waals surface area contributed by atoms with Crippen molar-refractivity contribution in [3.63, 3.8) is 0 Å². The van der Waals surface area contributed by atoms with Gasteiger partial charge in [0.05, 0.1) is 4.92 Å². The Morgan fingerprint density at radius 3 is 2.58 bits per heavy atom. The van der Waals surface area contributed by atoms with E-state index in [2.05, 4.69) is 15.6 Å². The zero-order valence-corrected chi connectivity index (χ0v) is 14.1. The van der Waals surface area contributed by atoms with Crippen molar-refractivity contribution in [3.8, 4) is 0 Å². The van der Waals surface area contributed by atoms with Crippen molar-refractivity contribution >= 4 is 23.2 Å². The van der Waals surface area contributed by atoms with Gasteiger partial charge in [0.25, 0.3) is 5.69 Å². The molecule has 0 aliphatic rings. The van der Waals surface area contributed by atoms with Crippen LogP contribution >= 0.6 is 11.6 Å². The second-order valence-corrected chi connectivity index (χ2v) is 5.59. The maximum Gasteiger partial charge on any atom is 0.269 e. The highest BCUT2D eigenvalue weighted by Gasteiger charge is 2.06. The van der Waals surface area contributed by atoms with Gasteiger partial charge in [-0.3, -0.25) is 15.1 Å². The minimum atomic E-state index is -0.400. The van der Waals surface area contributed by atoms with Crippen LogP contribution in [0.1, 0.15) is 11.1 Å². The lowest BCUT2D eigenvalue weighted by Gasteiger charge is -2.12. The summed E-state index contributed by atoms with van der Waals surface area (Å²) in [6.07, 6.45) is 0.842. The fourth-order valence-corrected chi connectivity index (χ4v) is 2.29. The highest BCUT2D eigenvalue weighted by molar-refractivity contribution is 6.30. The maximum atomic E-state index is 10.8. The van der Waals surface area contributed by atoms with Crippen molar-refractivity contribution in [2.24, 2.45) is 4.99 Å². The van der Waals surface area contributed by atoms with Crippen LogP contribution in [0.15, 0.2) is 53.5 Å². The summed E-state index contributed by atoms with van der Waals surface area (Å²) in [4.78, 5) is 14.5. The van der Waals surface area contributed by atoms with Crippen molar-refractivity contribution in [1.82, 2.24) is 10.6 Å². The summed E-state index contributed by atoms with van der Waals surface area (Å²) in [5.74, 6) is 0.649. The second kappa shape index (κ2) is 8.88. The van der Waals surface area contributed by atoms with Crippen LogP contribution in [0.2, 0.25) is 5.02 Å². The zero-order chi connectivity index (χ0) is 17.4. The molecular formula is C17H19ClN4O2. The van der Waals surface area contributed by atoms with Gasteiger partial charge in [0.2, 0.25) is 0 Å². The molecule has 0 saturated heterocycles. The minimum absolute atomic E-state index is 0.0833. The number of aliphatic imine (C=N–C) groups is 1. The number of hydrogen-bond donors (Lipinski definition) is 2. The molecule has 0 atom stereocenters. The van der Waals surface area contributed by atoms with E-state index >= 15 is 0 Å².